The minimum atomic E-state index is -0.0196. The minimum absolute atomic E-state index is 0.0196. The molecule has 0 unspecified atom stereocenters. The summed E-state index contributed by atoms with van der Waals surface area (Å²) in [5.41, 5.74) is 5.19. The van der Waals surface area contributed by atoms with Crippen molar-refractivity contribution in [2.75, 3.05) is 13.7 Å². The van der Waals surface area contributed by atoms with Gasteiger partial charge in [-0.25, -0.2) is 0 Å². The molecule has 4 nitrogen and oxygen atoms in total. The van der Waals surface area contributed by atoms with E-state index in [9.17, 15) is 0 Å². The third-order valence-electron chi connectivity index (χ3n) is 1.59. The van der Waals surface area contributed by atoms with Crippen LogP contribution in [0, 0.1) is 5.41 Å². The van der Waals surface area contributed by atoms with Crippen molar-refractivity contribution in [3.63, 3.8) is 0 Å². The lowest BCUT2D eigenvalue weighted by Gasteiger charge is -2.10. The van der Waals surface area contributed by atoms with Crippen LogP contribution in [-0.2, 0) is 0 Å². The van der Waals surface area contributed by atoms with Crippen molar-refractivity contribution in [3.8, 4) is 11.5 Å². The Morgan fingerprint density at radius 2 is 1.87 bits per heavy atom. The molecular formula is C9H10Br2N2O2. The Kier molecular flexibility index (Phi) is 4.41. The maximum atomic E-state index is 7.05. The first-order valence-electron chi connectivity index (χ1n) is 4.03. The molecule has 0 aliphatic rings. The highest BCUT2D eigenvalue weighted by molar-refractivity contribution is 9.11. The Bertz CT molecular complexity index is 383. The van der Waals surface area contributed by atoms with Crippen LogP contribution in [0.25, 0.3) is 0 Å². The van der Waals surface area contributed by atoms with Gasteiger partial charge in [-0.1, -0.05) is 0 Å². The van der Waals surface area contributed by atoms with Gasteiger partial charge in [-0.3, -0.25) is 5.41 Å². The summed E-state index contributed by atoms with van der Waals surface area (Å²) >= 11 is 6.67. The van der Waals surface area contributed by atoms with Crippen LogP contribution >= 0.6 is 31.9 Å². The second kappa shape index (κ2) is 5.37. The van der Waals surface area contributed by atoms with Crippen molar-refractivity contribution < 1.29 is 9.47 Å². The van der Waals surface area contributed by atoms with Crippen LogP contribution in [0.15, 0.2) is 21.1 Å². The lowest BCUT2D eigenvalue weighted by molar-refractivity contribution is 0.368. The van der Waals surface area contributed by atoms with Crippen molar-refractivity contribution in [1.29, 1.82) is 5.41 Å². The summed E-state index contributed by atoms with van der Waals surface area (Å²) in [4.78, 5) is 0. The van der Waals surface area contributed by atoms with Crippen LogP contribution in [0.3, 0.4) is 0 Å². The zero-order chi connectivity index (χ0) is 11.4. The molecule has 1 rings (SSSR count). The van der Waals surface area contributed by atoms with Crippen LogP contribution in [0.2, 0.25) is 0 Å². The summed E-state index contributed by atoms with van der Waals surface area (Å²) < 4.78 is 11.9. The predicted molar refractivity (Wildman–Crippen MR) is 65.8 cm³/mol. The van der Waals surface area contributed by atoms with E-state index in [0.29, 0.717) is 11.5 Å². The molecule has 0 aliphatic carbocycles. The molecule has 0 bridgehead atoms. The fraction of sp³-hybridized carbons (Fsp3) is 0.222. The number of hydrogen-bond acceptors (Lipinski definition) is 3. The van der Waals surface area contributed by atoms with Crippen molar-refractivity contribution in [2.45, 2.75) is 0 Å². The van der Waals surface area contributed by atoms with Crippen molar-refractivity contribution in [3.05, 3.63) is 21.1 Å². The number of benzene rings is 1. The van der Waals surface area contributed by atoms with Gasteiger partial charge in [0, 0.05) is 0 Å². The molecule has 0 saturated heterocycles. The Labute approximate surface area is 105 Å². The smallest absolute Gasteiger partial charge is 0.145 e. The van der Waals surface area contributed by atoms with E-state index in [1.165, 1.54) is 0 Å². The van der Waals surface area contributed by atoms with Gasteiger partial charge in [0.05, 0.1) is 16.1 Å². The molecule has 0 spiro atoms. The van der Waals surface area contributed by atoms with Gasteiger partial charge in [0.2, 0.25) is 0 Å². The maximum absolute atomic E-state index is 7.05. The zero-order valence-electron chi connectivity index (χ0n) is 8.01. The SMILES string of the molecule is COc1cc(Br)c(OCC(=N)N)cc1Br. The fourth-order valence-corrected chi connectivity index (χ4v) is 1.85. The zero-order valence-corrected chi connectivity index (χ0v) is 11.2. The van der Waals surface area contributed by atoms with Crippen LogP contribution in [-0.4, -0.2) is 19.6 Å². The molecule has 82 valence electrons. The highest BCUT2D eigenvalue weighted by atomic mass is 79.9. The monoisotopic (exact) mass is 336 g/mol. The van der Waals surface area contributed by atoms with E-state index < -0.39 is 0 Å². The molecule has 6 heteroatoms. The number of halogens is 2. The van der Waals surface area contributed by atoms with Crippen molar-refractivity contribution >= 4 is 37.7 Å². The molecule has 0 radical (unpaired) electrons. The van der Waals surface area contributed by atoms with Crippen molar-refractivity contribution in [2.24, 2.45) is 5.73 Å². The molecule has 0 atom stereocenters. The van der Waals surface area contributed by atoms with E-state index in [4.69, 9.17) is 20.6 Å². The van der Waals surface area contributed by atoms with E-state index in [1.54, 1.807) is 19.2 Å². The van der Waals surface area contributed by atoms with E-state index in [0.717, 1.165) is 8.95 Å². The number of hydrogen-bond donors (Lipinski definition) is 2. The number of rotatable bonds is 4. The summed E-state index contributed by atoms with van der Waals surface area (Å²) in [5.74, 6) is 1.30. The fourth-order valence-electron chi connectivity index (χ4n) is 0.933. The molecule has 1 aromatic rings. The standard InChI is InChI=1S/C9H10Br2N2O2/c1-14-7-2-6(11)8(3-5(7)10)15-4-9(12)13/h2-3H,4H2,1H3,(H3,12,13). The number of nitrogens with two attached hydrogens (primary N) is 1. The van der Waals surface area contributed by atoms with E-state index in [-0.39, 0.29) is 12.4 Å². The lowest BCUT2D eigenvalue weighted by atomic mass is 10.3. The van der Waals surface area contributed by atoms with Gasteiger partial charge in [0.25, 0.3) is 0 Å². The molecule has 0 heterocycles. The second-order valence-corrected chi connectivity index (χ2v) is 4.44. The number of nitrogens with one attached hydrogen (secondary N) is 1. The Balaban J connectivity index is 2.90. The van der Waals surface area contributed by atoms with E-state index in [1.807, 2.05) is 0 Å². The molecule has 0 aromatic heterocycles. The Morgan fingerprint density at radius 3 is 2.40 bits per heavy atom. The van der Waals surface area contributed by atoms with Crippen LogP contribution in [0.4, 0.5) is 0 Å². The first kappa shape index (κ1) is 12.3. The number of amidine groups is 1. The van der Waals surface area contributed by atoms with E-state index >= 15 is 0 Å². The Hall–Kier alpha value is -0.750. The topological polar surface area (TPSA) is 68.3 Å². The van der Waals surface area contributed by atoms with Crippen molar-refractivity contribution in [1.82, 2.24) is 0 Å². The van der Waals surface area contributed by atoms with Crippen LogP contribution in [0.1, 0.15) is 0 Å². The van der Waals surface area contributed by atoms with Crippen LogP contribution < -0.4 is 15.2 Å². The normalized spacial score (nSPS) is 9.80. The highest BCUT2D eigenvalue weighted by Gasteiger charge is 2.08. The second-order valence-electron chi connectivity index (χ2n) is 2.73. The average molecular weight is 338 g/mol. The molecule has 0 fully saturated rings. The van der Waals surface area contributed by atoms with Crippen LogP contribution in [0.5, 0.6) is 11.5 Å². The molecule has 0 amide bonds. The Morgan fingerprint density at radius 1 is 1.33 bits per heavy atom. The maximum Gasteiger partial charge on any atom is 0.145 e. The lowest BCUT2D eigenvalue weighted by Crippen LogP contribution is -2.19. The van der Waals surface area contributed by atoms with Gasteiger partial charge in [0.15, 0.2) is 0 Å². The average Bonchev–Trinajstić information content (AvgIpc) is 2.18. The molecule has 0 saturated carbocycles. The number of methoxy groups -OCH3 is 1. The molecule has 3 N–H and O–H groups in total. The van der Waals surface area contributed by atoms with E-state index in [2.05, 4.69) is 31.9 Å². The first-order valence-corrected chi connectivity index (χ1v) is 5.62. The molecule has 0 aliphatic heterocycles. The third-order valence-corrected chi connectivity index (χ3v) is 2.83. The van der Waals surface area contributed by atoms with Gasteiger partial charge in [-0.05, 0) is 44.0 Å². The largest absolute Gasteiger partial charge is 0.496 e. The summed E-state index contributed by atoms with van der Waals surface area (Å²) in [5, 5.41) is 7.05. The molecular weight excluding hydrogens is 328 g/mol. The summed E-state index contributed by atoms with van der Waals surface area (Å²) in [6.07, 6.45) is 0. The molecule has 15 heavy (non-hydrogen) atoms. The first-order chi connectivity index (χ1) is 7.04. The van der Waals surface area contributed by atoms with Gasteiger partial charge in [-0.15, -0.1) is 0 Å². The summed E-state index contributed by atoms with van der Waals surface area (Å²) in [6, 6.07) is 3.53. The van der Waals surface area contributed by atoms with Gasteiger partial charge < -0.3 is 15.2 Å². The predicted octanol–water partition coefficient (Wildman–Crippen LogP) is 2.53. The minimum Gasteiger partial charge on any atom is -0.496 e. The van der Waals surface area contributed by atoms with Gasteiger partial charge >= 0.3 is 0 Å². The van der Waals surface area contributed by atoms with Gasteiger partial charge in [0.1, 0.15) is 23.9 Å². The third kappa shape index (κ3) is 3.39. The summed E-state index contributed by atoms with van der Waals surface area (Å²) in [7, 11) is 1.59. The quantitative estimate of drug-likeness (QED) is 0.655. The van der Waals surface area contributed by atoms with Gasteiger partial charge in [-0.2, -0.15) is 0 Å². The summed E-state index contributed by atoms with van der Waals surface area (Å²) in [6.45, 7) is 0.0668. The number of ether oxygens (including phenoxy) is 2. The molecule has 1 aromatic carbocycles. The highest BCUT2D eigenvalue weighted by Crippen LogP contribution is 2.35.